The summed E-state index contributed by atoms with van der Waals surface area (Å²) in [6.07, 6.45) is -0.153. The van der Waals surface area contributed by atoms with Crippen LogP contribution in [0.2, 0.25) is 0 Å². The first-order valence-electron chi connectivity index (χ1n) is 9.13. The first kappa shape index (κ1) is 25.5. The Hall–Kier alpha value is -2.52. The van der Waals surface area contributed by atoms with E-state index in [9.17, 15) is 15.0 Å². The van der Waals surface area contributed by atoms with Crippen molar-refractivity contribution in [3.05, 3.63) is 47.5 Å². The number of aliphatic hydroxyl groups is 1. The predicted octanol–water partition coefficient (Wildman–Crippen LogP) is 1.97. The Morgan fingerprint density at radius 2 is 1.93 bits per heavy atom. The molecule has 0 aromatic heterocycles. The molecule has 1 atom stereocenters. The number of benzene rings is 2. The van der Waals surface area contributed by atoms with E-state index < -0.39 is 6.10 Å². The van der Waals surface area contributed by atoms with Gasteiger partial charge in [-0.25, -0.2) is 0 Å². The van der Waals surface area contributed by atoms with Crippen molar-refractivity contribution in [3.63, 3.8) is 0 Å². The minimum absolute atomic E-state index is 0. The van der Waals surface area contributed by atoms with E-state index in [1.165, 1.54) is 12.1 Å². The summed E-state index contributed by atoms with van der Waals surface area (Å²) in [6, 6.07) is 10.7. The molecule has 166 valence electrons. The number of β-amino-alcohol motifs (C(OH)–C–C–N with tert-alkyl or cyclic N) is 1. The van der Waals surface area contributed by atoms with Crippen LogP contribution in [0.15, 0.2) is 36.4 Å². The number of carbonyl (C=O) groups excluding carboxylic acids is 1. The molecular formula is C21H29ClN2O6. The number of nitrogens with one attached hydrogen (secondary N) is 2. The lowest BCUT2D eigenvalue weighted by Crippen LogP contribution is -2.43. The highest BCUT2D eigenvalue weighted by Crippen LogP contribution is 2.38. The molecular weight excluding hydrogens is 412 g/mol. The average Bonchev–Trinajstić information content (AvgIpc) is 2.65. The van der Waals surface area contributed by atoms with Crippen molar-refractivity contribution < 1.29 is 30.0 Å². The molecule has 0 fully saturated rings. The van der Waals surface area contributed by atoms with Gasteiger partial charge in [-0.2, -0.15) is 0 Å². The van der Waals surface area contributed by atoms with Crippen molar-refractivity contribution in [2.75, 3.05) is 25.6 Å². The molecule has 9 heteroatoms. The van der Waals surface area contributed by atoms with E-state index in [-0.39, 0.29) is 48.2 Å². The first-order valence-corrected chi connectivity index (χ1v) is 9.13. The van der Waals surface area contributed by atoms with Crippen molar-refractivity contribution in [1.29, 1.82) is 0 Å². The molecule has 6 N–H and O–H groups in total. The number of ether oxygens (including phenoxy) is 2. The summed E-state index contributed by atoms with van der Waals surface area (Å²) in [6.45, 7) is 4.25. The number of halogens is 1. The van der Waals surface area contributed by atoms with Crippen molar-refractivity contribution in [2.24, 2.45) is 0 Å². The second-order valence-corrected chi connectivity index (χ2v) is 7.55. The number of rotatable bonds is 7. The molecule has 8 nitrogen and oxygen atoms in total. The molecule has 0 radical (unpaired) electrons. The largest absolute Gasteiger partial charge is 0.508 e. The van der Waals surface area contributed by atoms with Gasteiger partial charge in [-0.05, 0) is 44.0 Å². The van der Waals surface area contributed by atoms with Gasteiger partial charge in [0.25, 0.3) is 5.91 Å². The van der Waals surface area contributed by atoms with Crippen LogP contribution in [0.1, 0.15) is 31.1 Å². The van der Waals surface area contributed by atoms with Crippen molar-refractivity contribution >= 4 is 24.0 Å². The maximum absolute atomic E-state index is 11.5. The van der Waals surface area contributed by atoms with Crippen LogP contribution in [-0.2, 0) is 11.2 Å². The lowest BCUT2D eigenvalue weighted by Gasteiger charge is -2.29. The fourth-order valence-corrected chi connectivity index (χ4v) is 3.26. The molecule has 0 bridgehead atoms. The zero-order valence-electron chi connectivity index (χ0n) is 17.2. The summed E-state index contributed by atoms with van der Waals surface area (Å²) < 4.78 is 10.7. The van der Waals surface area contributed by atoms with Crippen LogP contribution >= 0.6 is 12.4 Å². The molecule has 2 aromatic rings. The number of anilines is 1. The zero-order chi connectivity index (χ0) is 20.3. The lowest BCUT2D eigenvalue weighted by atomic mass is 9.94. The smallest absolute Gasteiger partial charge is 0.262 e. The number of fused-ring (bicyclic) bond motifs is 1. The fourth-order valence-electron chi connectivity index (χ4n) is 3.26. The standard InChI is InChI=1S/C21H26N2O5.ClH.H2O/c1-21(2,10-13-4-6-15(27-3)7-5-13)22-11-18(25)16-8-14(24)9-17-20(16)28-12-19(26)23-17;;/h4-9,18,22,24-25H,10-12H2,1-3H3,(H,23,26);1H;1H2/t18-;;/m0../s1. The Kier molecular flexibility index (Phi) is 8.92. The number of phenolic OH excluding ortho intramolecular Hbond substituents is 1. The highest BCUT2D eigenvalue weighted by Gasteiger charge is 2.26. The van der Waals surface area contributed by atoms with Crippen LogP contribution in [0, 0.1) is 0 Å². The maximum atomic E-state index is 11.5. The summed E-state index contributed by atoms with van der Waals surface area (Å²) in [5.74, 6) is 0.860. The van der Waals surface area contributed by atoms with Gasteiger partial charge in [0.05, 0.1) is 18.9 Å². The van der Waals surface area contributed by atoms with E-state index in [4.69, 9.17) is 9.47 Å². The Morgan fingerprint density at radius 3 is 2.57 bits per heavy atom. The summed E-state index contributed by atoms with van der Waals surface area (Å²) >= 11 is 0. The second kappa shape index (κ2) is 10.5. The van der Waals surface area contributed by atoms with Crippen molar-refractivity contribution in [1.82, 2.24) is 5.32 Å². The number of carbonyl (C=O) groups is 1. The molecule has 3 rings (SSSR count). The van der Waals surface area contributed by atoms with Crippen LogP contribution in [0.4, 0.5) is 5.69 Å². The zero-order valence-corrected chi connectivity index (χ0v) is 18.0. The number of phenols is 1. The highest BCUT2D eigenvalue weighted by atomic mass is 35.5. The van der Waals surface area contributed by atoms with Gasteiger partial charge in [0, 0.05) is 23.7 Å². The van der Waals surface area contributed by atoms with Crippen LogP contribution in [0.25, 0.3) is 0 Å². The number of methoxy groups -OCH3 is 1. The van der Waals surface area contributed by atoms with Crippen molar-refractivity contribution in [2.45, 2.75) is 31.9 Å². The number of aliphatic hydroxyl groups excluding tert-OH is 1. The molecule has 1 aliphatic rings. The first-order chi connectivity index (χ1) is 13.3. The maximum Gasteiger partial charge on any atom is 0.262 e. The third-order valence-corrected chi connectivity index (χ3v) is 4.66. The monoisotopic (exact) mass is 440 g/mol. The van der Waals surface area contributed by atoms with Gasteiger partial charge in [-0.1, -0.05) is 12.1 Å². The third kappa shape index (κ3) is 6.24. The molecule has 0 spiro atoms. The number of hydrogen-bond donors (Lipinski definition) is 4. The van der Waals surface area contributed by atoms with Gasteiger partial charge < -0.3 is 35.8 Å². The van der Waals surface area contributed by atoms with Gasteiger partial charge in [0.2, 0.25) is 0 Å². The van der Waals surface area contributed by atoms with Gasteiger partial charge >= 0.3 is 0 Å². The molecule has 0 saturated heterocycles. The Labute approximate surface area is 181 Å². The number of amides is 1. The minimum Gasteiger partial charge on any atom is -0.508 e. The average molecular weight is 441 g/mol. The number of aromatic hydroxyl groups is 1. The SMILES string of the molecule is COc1ccc(CC(C)(C)NC[C@H](O)c2cc(O)cc3c2OCC(=O)N3)cc1.Cl.O. The molecule has 0 saturated carbocycles. The molecule has 30 heavy (non-hydrogen) atoms. The topological polar surface area (TPSA) is 132 Å². The Morgan fingerprint density at radius 1 is 1.27 bits per heavy atom. The van der Waals surface area contributed by atoms with E-state index in [1.54, 1.807) is 7.11 Å². The molecule has 0 aliphatic carbocycles. The summed E-state index contributed by atoms with van der Waals surface area (Å²) in [5, 5.41) is 26.6. The van der Waals surface area contributed by atoms with E-state index in [0.29, 0.717) is 17.0 Å². The molecule has 1 aliphatic heterocycles. The van der Waals surface area contributed by atoms with Crippen LogP contribution < -0.4 is 20.1 Å². The quantitative estimate of drug-likeness (QED) is 0.520. The summed E-state index contributed by atoms with van der Waals surface area (Å²) in [7, 11) is 1.64. The van der Waals surface area contributed by atoms with Crippen LogP contribution in [0.3, 0.4) is 0 Å². The summed E-state index contributed by atoms with van der Waals surface area (Å²) in [4.78, 5) is 11.5. The van der Waals surface area contributed by atoms with Crippen molar-refractivity contribution in [3.8, 4) is 17.2 Å². The Balaban J connectivity index is 0.00000225. The normalized spacial score (nSPS) is 13.7. The highest BCUT2D eigenvalue weighted by molar-refractivity contribution is 5.96. The van der Waals surface area contributed by atoms with E-state index in [1.807, 2.05) is 24.3 Å². The van der Waals surface area contributed by atoms with Gasteiger partial charge in [-0.15, -0.1) is 12.4 Å². The van der Waals surface area contributed by atoms with Crippen LogP contribution in [0.5, 0.6) is 17.2 Å². The molecule has 0 unspecified atom stereocenters. The Bertz CT molecular complexity index is 857. The van der Waals surface area contributed by atoms with Crippen LogP contribution in [-0.4, -0.2) is 47.4 Å². The lowest BCUT2D eigenvalue weighted by molar-refractivity contribution is -0.118. The third-order valence-electron chi connectivity index (χ3n) is 4.66. The van der Waals surface area contributed by atoms with E-state index in [2.05, 4.69) is 24.5 Å². The predicted molar refractivity (Wildman–Crippen MR) is 117 cm³/mol. The number of hydrogen-bond acceptors (Lipinski definition) is 6. The van der Waals surface area contributed by atoms with Gasteiger partial charge in [0.15, 0.2) is 6.61 Å². The fraction of sp³-hybridized carbons (Fsp3) is 0.381. The van der Waals surface area contributed by atoms with E-state index >= 15 is 0 Å². The van der Waals surface area contributed by atoms with E-state index in [0.717, 1.165) is 17.7 Å². The van der Waals surface area contributed by atoms with Gasteiger partial charge in [-0.3, -0.25) is 4.79 Å². The molecule has 2 aromatic carbocycles. The minimum atomic E-state index is -0.911. The second-order valence-electron chi connectivity index (χ2n) is 7.55. The summed E-state index contributed by atoms with van der Waals surface area (Å²) in [5.41, 5.74) is 1.67. The van der Waals surface area contributed by atoms with Gasteiger partial charge in [0.1, 0.15) is 17.2 Å². The molecule has 1 amide bonds. The molecule has 1 heterocycles.